The molecular weight excluding hydrogens is 646 g/mol. The predicted octanol–water partition coefficient (Wildman–Crippen LogP) is 14.6. The van der Waals surface area contributed by atoms with Crippen LogP contribution in [0.3, 0.4) is 0 Å². The van der Waals surface area contributed by atoms with E-state index in [1.54, 1.807) is 12.1 Å². The zero-order chi connectivity index (χ0) is 35.7. The van der Waals surface area contributed by atoms with Gasteiger partial charge in [0.2, 0.25) is 0 Å². The second-order valence-corrected chi connectivity index (χ2v) is 17.4. The van der Waals surface area contributed by atoms with Crippen LogP contribution in [0.25, 0.3) is 0 Å². The Morgan fingerprint density at radius 1 is 0.490 bits per heavy atom. The van der Waals surface area contributed by atoms with Crippen LogP contribution in [0.2, 0.25) is 0 Å². The van der Waals surface area contributed by atoms with Gasteiger partial charge in [-0.1, -0.05) is 213 Å². The number of amides is 1. The Kier molecular flexibility index (Phi) is 30.8. The van der Waals surface area contributed by atoms with Crippen molar-refractivity contribution in [1.82, 2.24) is 4.90 Å². The molecule has 286 valence electrons. The standard InChI is InChI=1S/C43H78ClNO3S/c1-3-5-7-9-11-13-15-17-19-21-23-25-27-29-31-33-38-45(43(46)41-36-35-37-42(40-41)49(44,47)48)39-34-32-30-28-26-24-22-20-18-16-14-12-10-8-6-4-2/h35-37,40H,3-34,38-39H2,1-2H3. The maximum atomic E-state index is 13.5. The van der Waals surface area contributed by atoms with Crippen LogP contribution in [0.4, 0.5) is 0 Å². The van der Waals surface area contributed by atoms with Gasteiger partial charge >= 0.3 is 0 Å². The average Bonchev–Trinajstić information content (AvgIpc) is 3.09. The molecule has 0 aromatic heterocycles. The Balaban J connectivity index is 2.25. The first-order valence-electron chi connectivity index (χ1n) is 21.2. The highest BCUT2D eigenvalue weighted by molar-refractivity contribution is 8.13. The lowest BCUT2D eigenvalue weighted by atomic mass is 10.0. The molecule has 0 aliphatic rings. The van der Waals surface area contributed by atoms with E-state index in [1.807, 2.05) is 4.90 Å². The minimum absolute atomic E-state index is 0.00946. The molecule has 0 atom stereocenters. The van der Waals surface area contributed by atoms with Crippen LogP contribution in [-0.4, -0.2) is 32.3 Å². The number of rotatable bonds is 36. The molecule has 1 aromatic rings. The minimum Gasteiger partial charge on any atom is -0.339 e. The van der Waals surface area contributed by atoms with E-state index in [0.29, 0.717) is 5.56 Å². The molecule has 0 saturated heterocycles. The number of carbonyl (C=O) groups is 1. The van der Waals surface area contributed by atoms with Gasteiger partial charge in [-0.05, 0) is 31.0 Å². The van der Waals surface area contributed by atoms with E-state index in [4.69, 9.17) is 10.7 Å². The zero-order valence-electron chi connectivity index (χ0n) is 32.3. The van der Waals surface area contributed by atoms with Crippen LogP contribution in [0, 0.1) is 0 Å². The van der Waals surface area contributed by atoms with Crippen molar-refractivity contribution in [3.63, 3.8) is 0 Å². The lowest BCUT2D eigenvalue weighted by molar-refractivity contribution is 0.0749. The highest BCUT2D eigenvalue weighted by Crippen LogP contribution is 2.20. The fourth-order valence-electron chi connectivity index (χ4n) is 6.98. The summed E-state index contributed by atoms with van der Waals surface area (Å²) >= 11 is 0. The second kappa shape index (κ2) is 32.8. The van der Waals surface area contributed by atoms with Gasteiger partial charge in [0.05, 0.1) is 4.90 Å². The van der Waals surface area contributed by atoms with Crippen molar-refractivity contribution in [2.75, 3.05) is 13.1 Å². The van der Waals surface area contributed by atoms with E-state index in [-0.39, 0.29) is 10.8 Å². The quantitative estimate of drug-likeness (QED) is 0.0511. The first-order valence-corrected chi connectivity index (χ1v) is 23.5. The molecule has 0 fully saturated rings. The number of hydrogen-bond donors (Lipinski definition) is 0. The summed E-state index contributed by atoms with van der Waals surface area (Å²) in [4.78, 5) is 15.4. The Morgan fingerprint density at radius 3 is 1.06 bits per heavy atom. The molecule has 0 saturated carbocycles. The molecule has 6 heteroatoms. The van der Waals surface area contributed by atoms with E-state index in [9.17, 15) is 13.2 Å². The predicted molar refractivity (Wildman–Crippen MR) is 214 cm³/mol. The lowest BCUT2D eigenvalue weighted by Crippen LogP contribution is -2.33. The van der Waals surface area contributed by atoms with Crippen LogP contribution in [0.1, 0.15) is 230 Å². The SMILES string of the molecule is CCCCCCCCCCCCCCCCCCN(CCCCCCCCCCCCCCCCCC)C(=O)c1cccc(S(=O)(=O)Cl)c1. The maximum Gasteiger partial charge on any atom is 0.261 e. The molecule has 0 N–H and O–H groups in total. The molecule has 1 aromatic carbocycles. The molecule has 1 rings (SSSR count). The normalized spacial score (nSPS) is 11.7. The third-order valence-corrected chi connectivity index (χ3v) is 11.6. The largest absolute Gasteiger partial charge is 0.339 e. The van der Waals surface area contributed by atoms with Gasteiger partial charge in [0, 0.05) is 29.3 Å². The summed E-state index contributed by atoms with van der Waals surface area (Å²) in [6.45, 7) is 6.02. The summed E-state index contributed by atoms with van der Waals surface area (Å²) in [7, 11) is 1.71. The van der Waals surface area contributed by atoms with Crippen molar-refractivity contribution in [3.05, 3.63) is 29.8 Å². The molecule has 0 heterocycles. The van der Waals surface area contributed by atoms with Crippen molar-refractivity contribution in [3.8, 4) is 0 Å². The third kappa shape index (κ3) is 27.3. The molecule has 1 amide bonds. The molecule has 4 nitrogen and oxygen atoms in total. The van der Waals surface area contributed by atoms with Gasteiger partial charge in [0.15, 0.2) is 0 Å². The van der Waals surface area contributed by atoms with Crippen molar-refractivity contribution < 1.29 is 13.2 Å². The maximum absolute atomic E-state index is 13.5. The number of nitrogens with zero attached hydrogens (tertiary/aromatic N) is 1. The molecule has 0 aliphatic carbocycles. The smallest absolute Gasteiger partial charge is 0.261 e. The summed E-state index contributed by atoms with van der Waals surface area (Å²) in [5.74, 6) is -0.0796. The first kappa shape index (κ1) is 46.0. The summed E-state index contributed by atoms with van der Waals surface area (Å²) in [5.41, 5.74) is 0.412. The summed E-state index contributed by atoms with van der Waals surface area (Å²) in [6, 6.07) is 6.21. The van der Waals surface area contributed by atoms with Gasteiger partial charge in [-0.3, -0.25) is 4.79 Å². The van der Waals surface area contributed by atoms with Crippen LogP contribution < -0.4 is 0 Å². The van der Waals surface area contributed by atoms with Crippen molar-refractivity contribution >= 4 is 25.6 Å². The van der Waals surface area contributed by atoms with Crippen molar-refractivity contribution in [1.29, 1.82) is 0 Å². The van der Waals surface area contributed by atoms with Gasteiger partial charge < -0.3 is 4.90 Å². The average molecular weight is 725 g/mol. The number of unbranched alkanes of at least 4 members (excludes halogenated alkanes) is 30. The summed E-state index contributed by atoms with van der Waals surface area (Å²) < 4.78 is 23.8. The Labute approximate surface area is 309 Å². The van der Waals surface area contributed by atoms with Crippen molar-refractivity contribution in [2.45, 2.75) is 224 Å². The number of halogens is 1. The lowest BCUT2D eigenvalue weighted by Gasteiger charge is -2.23. The molecule has 0 spiro atoms. The number of benzene rings is 1. The molecule has 0 unspecified atom stereocenters. The van der Waals surface area contributed by atoms with Crippen LogP contribution in [0.15, 0.2) is 29.2 Å². The number of hydrogen-bond acceptors (Lipinski definition) is 3. The fourth-order valence-corrected chi connectivity index (χ4v) is 7.78. The Bertz CT molecular complexity index is 963. The molecular formula is C43H78ClNO3S. The fraction of sp³-hybridized carbons (Fsp3) is 0.837. The van der Waals surface area contributed by atoms with E-state index >= 15 is 0 Å². The second-order valence-electron chi connectivity index (χ2n) is 14.9. The zero-order valence-corrected chi connectivity index (χ0v) is 33.9. The Hall–Kier alpha value is -1.07. The minimum atomic E-state index is -3.87. The topological polar surface area (TPSA) is 54.5 Å². The highest BCUT2D eigenvalue weighted by Gasteiger charge is 2.18. The summed E-state index contributed by atoms with van der Waals surface area (Å²) in [5, 5.41) is 0. The van der Waals surface area contributed by atoms with Gasteiger partial charge in [-0.2, -0.15) is 0 Å². The van der Waals surface area contributed by atoms with E-state index < -0.39 is 9.05 Å². The molecule has 0 radical (unpaired) electrons. The molecule has 49 heavy (non-hydrogen) atoms. The van der Waals surface area contributed by atoms with Crippen molar-refractivity contribution in [2.24, 2.45) is 0 Å². The number of carbonyl (C=O) groups excluding carboxylic acids is 1. The van der Waals surface area contributed by atoms with Gasteiger partial charge in [-0.25, -0.2) is 8.42 Å². The molecule has 0 aliphatic heterocycles. The van der Waals surface area contributed by atoms with Gasteiger partial charge in [0.25, 0.3) is 15.0 Å². The van der Waals surface area contributed by atoms with Crippen LogP contribution in [0.5, 0.6) is 0 Å². The van der Waals surface area contributed by atoms with Crippen LogP contribution in [-0.2, 0) is 9.05 Å². The van der Waals surface area contributed by atoms with Gasteiger partial charge in [-0.15, -0.1) is 0 Å². The van der Waals surface area contributed by atoms with Crippen LogP contribution >= 0.6 is 10.7 Å². The van der Waals surface area contributed by atoms with Gasteiger partial charge in [0.1, 0.15) is 0 Å². The highest BCUT2D eigenvalue weighted by atomic mass is 35.7. The molecule has 0 bridgehead atoms. The monoisotopic (exact) mass is 724 g/mol. The van der Waals surface area contributed by atoms with E-state index in [1.165, 1.54) is 192 Å². The van der Waals surface area contributed by atoms with E-state index in [2.05, 4.69) is 13.8 Å². The third-order valence-electron chi connectivity index (χ3n) is 10.2. The van der Waals surface area contributed by atoms with E-state index in [0.717, 1.165) is 38.8 Å². The summed E-state index contributed by atoms with van der Waals surface area (Å²) in [6.07, 6.45) is 42.5. The first-order chi connectivity index (χ1) is 23.9. The Morgan fingerprint density at radius 2 is 0.776 bits per heavy atom.